The number of nitrogens with zero attached hydrogens (tertiary/aromatic N) is 4. The summed E-state index contributed by atoms with van der Waals surface area (Å²) in [7, 11) is 0. The maximum absolute atomic E-state index is 13.6. The van der Waals surface area contributed by atoms with E-state index >= 15 is 0 Å². The molecular weight excluding hydrogens is 436 g/mol. The second kappa shape index (κ2) is 10.4. The zero-order valence-electron chi connectivity index (χ0n) is 19.5. The van der Waals surface area contributed by atoms with Crippen LogP contribution in [0, 0.1) is 18.8 Å². The van der Waals surface area contributed by atoms with Crippen molar-refractivity contribution in [3.8, 4) is 11.4 Å². The van der Waals surface area contributed by atoms with Crippen LogP contribution in [-0.4, -0.2) is 40.6 Å². The van der Waals surface area contributed by atoms with Crippen molar-refractivity contribution in [1.29, 1.82) is 0 Å². The fourth-order valence-corrected chi connectivity index (χ4v) is 4.42. The highest BCUT2D eigenvalue weighted by atomic mass is 35.5. The molecule has 33 heavy (non-hydrogen) atoms. The molecule has 1 aliphatic heterocycles. The van der Waals surface area contributed by atoms with Gasteiger partial charge in [0.2, 0.25) is 17.6 Å². The molecule has 0 spiro atoms. The molecule has 1 fully saturated rings. The van der Waals surface area contributed by atoms with Gasteiger partial charge in [-0.15, -0.1) is 0 Å². The predicted octanol–water partition coefficient (Wildman–Crippen LogP) is 5.60. The van der Waals surface area contributed by atoms with Gasteiger partial charge in [0, 0.05) is 35.9 Å². The maximum Gasteiger partial charge on any atom is 0.246 e. The number of benzene rings is 2. The Balaban J connectivity index is 1.47. The van der Waals surface area contributed by atoms with Crippen LogP contribution in [0.2, 0.25) is 5.02 Å². The molecule has 1 amide bonds. The summed E-state index contributed by atoms with van der Waals surface area (Å²) >= 11 is 5.97. The Labute approximate surface area is 200 Å². The molecule has 0 saturated carbocycles. The topological polar surface area (TPSA) is 62.5 Å². The third-order valence-electron chi connectivity index (χ3n) is 5.96. The first-order valence-electron chi connectivity index (χ1n) is 11.6. The van der Waals surface area contributed by atoms with Crippen molar-refractivity contribution in [1.82, 2.24) is 15.0 Å². The summed E-state index contributed by atoms with van der Waals surface area (Å²) in [5.74, 6) is 1.40. The van der Waals surface area contributed by atoms with Gasteiger partial charge in [0.1, 0.15) is 6.54 Å². The zero-order valence-corrected chi connectivity index (χ0v) is 20.3. The predicted molar refractivity (Wildman–Crippen MR) is 131 cm³/mol. The lowest BCUT2D eigenvalue weighted by atomic mass is 9.95. The van der Waals surface area contributed by atoms with E-state index in [0.717, 1.165) is 31.5 Å². The normalized spacial score (nSPS) is 16.3. The van der Waals surface area contributed by atoms with Crippen LogP contribution in [-0.2, 0) is 11.3 Å². The van der Waals surface area contributed by atoms with Crippen LogP contribution in [0.25, 0.3) is 11.4 Å². The molecule has 0 aliphatic carbocycles. The highest BCUT2D eigenvalue weighted by Gasteiger charge is 2.30. The van der Waals surface area contributed by atoms with E-state index in [4.69, 9.17) is 16.1 Å². The molecule has 0 unspecified atom stereocenters. The van der Waals surface area contributed by atoms with E-state index in [0.29, 0.717) is 35.7 Å². The van der Waals surface area contributed by atoms with Crippen molar-refractivity contribution in [2.75, 3.05) is 24.5 Å². The van der Waals surface area contributed by atoms with Gasteiger partial charge in [-0.25, -0.2) is 0 Å². The van der Waals surface area contributed by atoms with Crippen LogP contribution in [0.3, 0.4) is 0 Å². The maximum atomic E-state index is 13.6. The summed E-state index contributed by atoms with van der Waals surface area (Å²) in [5, 5.41) is 4.76. The zero-order chi connectivity index (χ0) is 23.4. The molecule has 0 bridgehead atoms. The number of aromatic nitrogens is 2. The summed E-state index contributed by atoms with van der Waals surface area (Å²) in [5.41, 5.74) is 3.25. The number of piperidine rings is 1. The number of hydrogen-bond donors (Lipinski definition) is 0. The second-order valence-electron chi connectivity index (χ2n) is 9.25. The molecule has 0 N–H and O–H groups in total. The van der Waals surface area contributed by atoms with Gasteiger partial charge < -0.3 is 14.3 Å². The smallest absolute Gasteiger partial charge is 0.246 e. The summed E-state index contributed by atoms with van der Waals surface area (Å²) in [6.07, 6.45) is 1.90. The Morgan fingerprint density at radius 3 is 2.61 bits per heavy atom. The number of halogens is 1. The molecule has 174 valence electrons. The first kappa shape index (κ1) is 23.3. The minimum absolute atomic E-state index is 0.0440. The fraction of sp³-hybridized carbons (Fsp3) is 0.423. The van der Waals surface area contributed by atoms with E-state index in [-0.39, 0.29) is 11.8 Å². The lowest BCUT2D eigenvalue weighted by molar-refractivity contribution is -0.137. The SMILES string of the molecule is Cc1ccc(N2CCC[C@@H](C(=O)N(Cc3nc(-c4ccc(Cl)cc4)no3)CC(C)C)C2)cc1. The third kappa shape index (κ3) is 5.93. The van der Waals surface area contributed by atoms with Crippen LogP contribution in [0.5, 0.6) is 0 Å². The molecule has 2 heterocycles. The first-order chi connectivity index (χ1) is 15.9. The Morgan fingerprint density at radius 2 is 1.91 bits per heavy atom. The minimum Gasteiger partial charge on any atom is -0.371 e. The van der Waals surface area contributed by atoms with E-state index in [2.05, 4.69) is 60.1 Å². The number of aryl methyl sites for hydroxylation is 1. The van der Waals surface area contributed by atoms with Gasteiger partial charge >= 0.3 is 0 Å². The van der Waals surface area contributed by atoms with Crippen molar-refractivity contribution in [2.45, 2.75) is 40.2 Å². The van der Waals surface area contributed by atoms with E-state index in [1.54, 1.807) is 12.1 Å². The standard InChI is InChI=1S/C26H31ClN4O2/c1-18(2)15-31(17-24-28-25(29-33-24)20-8-10-22(27)11-9-20)26(32)21-5-4-14-30(16-21)23-12-6-19(3)7-13-23/h6-13,18,21H,4-5,14-17H2,1-3H3/t21-/m1/s1. The fourth-order valence-electron chi connectivity index (χ4n) is 4.30. The van der Waals surface area contributed by atoms with Crippen molar-refractivity contribution < 1.29 is 9.32 Å². The summed E-state index contributed by atoms with van der Waals surface area (Å²) < 4.78 is 5.50. The van der Waals surface area contributed by atoms with Crippen LogP contribution >= 0.6 is 11.6 Å². The molecule has 3 aromatic rings. The summed E-state index contributed by atoms with van der Waals surface area (Å²) in [6, 6.07) is 15.8. The quantitative estimate of drug-likeness (QED) is 0.453. The number of carbonyl (C=O) groups excluding carboxylic acids is 1. The van der Waals surface area contributed by atoms with Crippen LogP contribution in [0.4, 0.5) is 5.69 Å². The molecule has 2 aromatic carbocycles. The highest BCUT2D eigenvalue weighted by molar-refractivity contribution is 6.30. The molecule has 0 radical (unpaired) electrons. The number of amides is 1. The molecular formula is C26H31ClN4O2. The lowest BCUT2D eigenvalue weighted by Gasteiger charge is -2.36. The molecule has 4 rings (SSSR count). The molecule has 7 heteroatoms. The van der Waals surface area contributed by atoms with Gasteiger partial charge in [-0.3, -0.25) is 4.79 Å². The van der Waals surface area contributed by atoms with Crippen molar-refractivity contribution in [2.24, 2.45) is 11.8 Å². The largest absolute Gasteiger partial charge is 0.371 e. The van der Waals surface area contributed by atoms with Crippen molar-refractivity contribution in [3.05, 3.63) is 65.0 Å². The highest BCUT2D eigenvalue weighted by Crippen LogP contribution is 2.26. The number of carbonyl (C=O) groups is 1. The second-order valence-corrected chi connectivity index (χ2v) is 9.69. The third-order valence-corrected chi connectivity index (χ3v) is 6.22. The van der Waals surface area contributed by atoms with Crippen molar-refractivity contribution in [3.63, 3.8) is 0 Å². The summed E-state index contributed by atoms with van der Waals surface area (Å²) in [4.78, 5) is 22.3. The Morgan fingerprint density at radius 1 is 1.18 bits per heavy atom. The van der Waals surface area contributed by atoms with Gasteiger partial charge in [0.25, 0.3) is 0 Å². The van der Waals surface area contributed by atoms with Gasteiger partial charge in [-0.05, 0) is 62.1 Å². The monoisotopic (exact) mass is 466 g/mol. The number of rotatable bonds is 7. The Hall–Kier alpha value is -2.86. The minimum atomic E-state index is -0.0440. The van der Waals surface area contributed by atoms with E-state index in [9.17, 15) is 4.79 Å². The van der Waals surface area contributed by atoms with Gasteiger partial charge in [0.15, 0.2) is 0 Å². The molecule has 1 aromatic heterocycles. The average Bonchev–Trinajstić information content (AvgIpc) is 3.27. The Bertz CT molecular complexity index is 1060. The van der Waals surface area contributed by atoms with Crippen LogP contribution < -0.4 is 4.90 Å². The summed E-state index contributed by atoms with van der Waals surface area (Å²) in [6.45, 7) is 9.00. The molecule has 6 nitrogen and oxygen atoms in total. The van der Waals surface area contributed by atoms with Gasteiger partial charge in [-0.2, -0.15) is 4.98 Å². The van der Waals surface area contributed by atoms with Crippen LogP contribution in [0.1, 0.15) is 38.1 Å². The molecule has 1 saturated heterocycles. The average molecular weight is 467 g/mol. The van der Waals surface area contributed by atoms with Crippen LogP contribution in [0.15, 0.2) is 53.1 Å². The van der Waals surface area contributed by atoms with Gasteiger partial charge in [-0.1, -0.05) is 48.3 Å². The first-order valence-corrected chi connectivity index (χ1v) is 12.0. The molecule has 1 aliphatic rings. The van der Waals surface area contributed by atoms with E-state index in [1.165, 1.54) is 11.3 Å². The van der Waals surface area contributed by atoms with E-state index in [1.807, 2.05) is 17.0 Å². The number of anilines is 1. The lowest BCUT2D eigenvalue weighted by Crippen LogP contribution is -2.45. The Kier molecular flexibility index (Phi) is 7.33. The molecule has 1 atom stereocenters. The van der Waals surface area contributed by atoms with Gasteiger partial charge in [0.05, 0.1) is 5.92 Å². The number of hydrogen-bond acceptors (Lipinski definition) is 5. The van der Waals surface area contributed by atoms with E-state index < -0.39 is 0 Å². The van der Waals surface area contributed by atoms with Crippen molar-refractivity contribution >= 4 is 23.2 Å².